The van der Waals surface area contributed by atoms with E-state index in [0.717, 1.165) is 11.3 Å². The summed E-state index contributed by atoms with van der Waals surface area (Å²) < 4.78 is 15.8. The van der Waals surface area contributed by atoms with Crippen LogP contribution in [0.2, 0.25) is 0 Å². The number of hydrogen-bond acceptors (Lipinski definition) is 7. The van der Waals surface area contributed by atoms with Gasteiger partial charge in [-0.15, -0.1) is 10.2 Å². The number of esters is 1. The van der Waals surface area contributed by atoms with Crippen molar-refractivity contribution in [2.75, 3.05) is 14.2 Å². The Balaban J connectivity index is 1.91. The lowest BCUT2D eigenvalue weighted by atomic mass is 10.1. The van der Waals surface area contributed by atoms with E-state index in [2.05, 4.69) is 10.2 Å². The van der Waals surface area contributed by atoms with Gasteiger partial charge in [0, 0.05) is 11.6 Å². The van der Waals surface area contributed by atoms with Crippen LogP contribution in [0.25, 0.3) is 22.7 Å². The number of aromatic hydroxyl groups is 1. The van der Waals surface area contributed by atoms with E-state index >= 15 is 0 Å². The Morgan fingerprint density at radius 2 is 1.96 bits per heavy atom. The van der Waals surface area contributed by atoms with E-state index in [4.69, 9.17) is 13.9 Å². The zero-order chi connectivity index (χ0) is 18.3. The fourth-order valence-corrected chi connectivity index (χ4v) is 2.88. The molecule has 0 amide bonds. The fraction of sp³-hybridized carbons (Fsp3) is 0.105. The fourth-order valence-electron chi connectivity index (χ4n) is 2.88. The Hall–Kier alpha value is -3.61. The summed E-state index contributed by atoms with van der Waals surface area (Å²) in [6, 6.07) is 10.7. The van der Waals surface area contributed by atoms with Crippen molar-refractivity contribution in [3.63, 3.8) is 0 Å². The molecule has 130 valence electrons. The van der Waals surface area contributed by atoms with Gasteiger partial charge in [0.15, 0.2) is 17.1 Å². The standard InChI is InChI=1S/C19H14N2O5/c1-24-14-8-7-11-17(22)15(26-18(11)16(14)19(23)25-2)9-13-10-5-3-4-6-12(10)20-21-13/h3-9,22H,1-2H3. The highest BCUT2D eigenvalue weighted by molar-refractivity contribution is 6.07. The molecule has 7 nitrogen and oxygen atoms in total. The molecule has 0 saturated carbocycles. The third kappa shape index (κ3) is 2.33. The molecule has 3 aromatic rings. The Labute approximate surface area is 148 Å². The van der Waals surface area contributed by atoms with E-state index < -0.39 is 5.97 Å². The van der Waals surface area contributed by atoms with Gasteiger partial charge in [-0.05, 0) is 18.2 Å². The van der Waals surface area contributed by atoms with Crippen LogP contribution in [0.1, 0.15) is 21.7 Å². The van der Waals surface area contributed by atoms with Gasteiger partial charge in [-0.3, -0.25) is 0 Å². The molecule has 0 bridgehead atoms. The van der Waals surface area contributed by atoms with Crippen molar-refractivity contribution < 1.29 is 23.8 Å². The number of methoxy groups -OCH3 is 2. The molecule has 1 N–H and O–H groups in total. The van der Waals surface area contributed by atoms with E-state index in [0.29, 0.717) is 16.8 Å². The Bertz CT molecular complexity index is 1090. The first kappa shape index (κ1) is 15.9. The number of nitrogens with zero attached hydrogens (tertiary/aromatic N) is 2. The van der Waals surface area contributed by atoms with Crippen molar-refractivity contribution >= 4 is 34.4 Å². The van der Waals surface area contributed by atoms with E-state index in [9.17, 15) is 9.90 Å². The van der Waals surface area contributed by atoms with Crippen LogP contribution in [0, 0.1) is 0 Å². The topological polar surface area (TPSA) is 93.6 Å². The second-order valence-corrected chi connectivity index (χ2v) is 5.57. The van der Waals surface area contributed by atoms with Gasteiger partial charge in [-0.2, -0.15) is 0 Å². The van der Waals surface area contributed by atoms with Gasteiger partial charge in [0.2, 0.25) is 0 Å². The Kier molecular flexibility index (Phi) is 3.69. The second kappa shape index (κ2) is 6.03. The van der Waals surface area contributed by atoms with Crippen LogP contribution in [-0.4, -0.2) is 25.3 Å². The highest BCUT2D eigenvalue weighted by Crippen LogP contribution is 2.41. The summed E-state index contributed by atoms with van der Waals surface area (Å²) in [6.45, 7) is 0. The maximum atomic E-state index is 12.1. The van der Waals surface area contributed by atoms with Crippen LogP contribution in [0.15, 0.2) is 51.0 Å². The Morgan fingerprint density at radius 3 is 2.73 bits per heavy atom. The van der Waals surface area contributed by atoms with Gasteiger partial charge in [0.05, 0.1) is 31.0 Å². The van der Waals surface area contributed by atoms with Crippen LogP contribution >= 0.6 is 0 Å². The molecule has 0 saturated heterocycles. The van der Waals surface area contributed by atoms with Gasteiger partial charge in [-0.1, -0.05) is 18.2 Å². The number of fused-ring (bicyclic) bond motifs is 2. The summed E-state index contributed by atoms with van der Waals surface area (Å²) in [5.74, 6) is -0.251. The summed E-state index contributed by atoms with van der Waals surface area (Å²) in [5.41, 5.74) is 2.43. The summed E-state index contributed by atoms with van der Waals surface area (Å²) in [4.78, 5) is 12.1. The maximum Gasteiger partial charge on any atom is 0.345 e. The molecular weight excluding hydrogens is 336 g/mol. The number of ether oxygens (including phenoxy) is 2. The van der Waals surface area contributed by atoms with E-state index in [-0.39, 0.29) is 22.7 Å². The van der Waals surface area contributed by atoms with E-state index in [1.807, 2.05) is 24.3 Å². The third-order valence-corrected chi connectivity index (χ3v) is 4.14. The molecule has 0 unspecified atom stereocenters. The minimum atomic E-state index is -0.619. The summed E-state index contributed by atoms with van der Waals surface area (Å²) in [7, 11) is 2.71. The summed E-state index contributed by atoms with van der Waals surface area (Å²) in [6.07, 6.45) is 1.58. The Morgan fingerprint density at radius 1 is 1.15 bits per heavy atom. The molecule has 7 heteroatoms. The molecular formula is C19H14N2O5. The monoisotopic (exact) mass is 350 g/mol. The quantitative estimate of drug-likeness (QED) is 0.701. The smallest absolute Gasteiger partial charge is 0.345 e. The number of azo groups is 1. The minimum Gasteiger partial charge on any atom is -0.504 e. The first-order chi connectivity index (χ1) is 12.6. The highest BCUT2D eigenvalue weighted by Gasteiger charge is 2.24. The lowest BCUT2D eigenvalue weighted by Gasteiger charge is -2.06. The lowest BCUT2D eigenvalue weighted by molar-refractivity contribution is 0.0598. The molecule has 0 spiro atoms. The SMILES string of the molecule is COC(=O)c1c(OC)ccc2c(O)c(C=C3N=Nc4ccccc43)oc12. The van der Waals surface area contributed by atoms with Crippen molar-refractivity contribution in [1.29, 1.82) is 0 Å². The largest absolute Gasteiger partial charge is 0.504 e. The van der Waals surface area contributed by atoms with E-state index in [1.165, 1.54) is 14.2 Å². The molecule has 0 radical (unpaired) electrons. The van der Waals surface area contributed by atoms with Crippen molar-refractivity contribution in [3.05, 3.63) is 53.3 Å². The van der Waals surface area contributed by atoms with Gasteiger partial charge in [0.25, 0.3) is 0 Å². The molecule has 2 heterocycles. The number of benzene rings is 2. The van der Waals surface area contributed by atoms with Crippen molar-refractivity contribution in [2.45, 2.75) is 0 Å². The maximum absolute atomic E-state index is 12.1. The molecule has 0 aliphatic carbocycles. The minimum absolute atomic E-state index is 0.0973. The number of carbonyl (C=O) groups excluding carboxylic acids is 1. The first-order valence-corrected chi connectivity index (χ1v) is 7.77. The molecule has 2 aromatic carbocycles. The average molecular weight is 350 g/mol. The molecule has 1 aliphatic rings. The van der Waals surface area contributed by atoms with E-state index in [1.54, 1.807) is 18.2 Å². The lowest BCUT2D eigenvalue weighted by Crippen LogP contribution is -2.04. The molecule has 26 heavy (non-hydrogen) atoms. The van der Waals surface area contributed by atoms with Crippen LogP contribution in [0.5, 0.6) is 11.5 Å². The average Bonchev–Trinajstić information content (AvgIpc) is 3.22. The van der Waals surface area contributed by atoms with Gasteiger partial charge in [0.1, 0.15) is 11.3 Å². The second-order valence-electron chi connectivity index (χ2n) is 5.57. The number of carbonyl (C=O) groups is 1. The van der Waals surface area contributed by atoms with Crippen LogP contribution < -0.4 is 4.74 Å². The predicted molar refractivity (Wildman–Crippen MR) is 94.6 cm³/mol. The zero-order valence-electron chi connectivity index (χ0n) is 14.0. The van der Waals surface area contributed by atoms with Crippen molar-refractivity contribution in [1.82, 2.24) is 0 Å². The number of rotatable bonds is 3. The van der Waals surface area contributed by atoms with Crippen LogP contribution in [-0.2, 0) is 4.74 Å². The third-order valence-electron chi connectivity index (χ3n) is 4.14. The van der Waals surface area contributed by atoms with Crippen LogP contribution in [0.4, 0.5) is 5.69 Å². The van der Waals surface area contributed by atoms with Crippen molar-refractivity contribution in [2.24, 2.45) is 10.2 Å². The van der Waals surface area contributed by atoms with Gasteiger partial charge >= 0.3 is 5.97 Å². The predicted octanol–water partition coefficient (Wildman–Crippen LogP) is 4.53. The molecule has 4 rings (SSSR count). The number of hydrogen-bond donors (Lipinski definition) is 1. The van der Waals surface area contributed by atoms with Crippen LogP contribution in [0.3, 0.4) is 0 Å². The first-order valence-electron chi connectivity index (χ1n) is 7.77. The highest BCUT2D eigenvalue weighted by atomic mass is 16.5. The zero-order valence-corrected chi connectivity index (χ0v) is 14.0. The summed E-state index contributed by atoms with van der Waals surface area (Å²) >= 11 is 0. The normalized spacial score (nSPS) is 14.0. The number of furan rings is 1. The molecule has 0 atom stereocenters. The molecule has 1 aliphatic heterocycles. The summed E-state index contributed by atoms with van der Waals surface area (Å²) in [5, 5.41) is 19.1. The molecule has 1 aromatic heterocycles. The van der Waals surface area contributed by atoms with Gasteiger partial charge < -0.3 is 19.0 Å². The molecule has 0 fully saturated rings. The van der Waals surface area contributed by atoms with Crippen molar-refractivity contribution in [3.8, 4) is 11.5 Å². The van der Waals surface area contributed by atoms with Gasteiger partial charge in [-0.25, -0.2) is 4.79 Å².